The van der Waals surface area contributed by atoms with Gasteiger partial charge in [-0.3, -0.25) is 0 Å². The van der Waals surface area contributed by atoms with E-state index in [2.05, 4.69) is 11.9 Å². The number of likely N-dealkylation sites (N-methyl/N-ethyl adjacent to an activating group) is 1. The van der Waals surface area contributed by atoms with E-state index in [-0.39, 0.29) is 6.10 Å². The molecule has 1 aliphatic carbocycles. The number of hydrogen-bond acceptors (Lipinski definition) is 3. The van der Waals surface area contributed by atoms with Crippen molar-refractivity contribution in [3.05, 3.63) is 0 Å². The lowest BCUT2D eigenvalue weighted by atomic mass is 10.2. The minimum atomic E-state index is -0.146. The van der Waals surface area contributed by atoms with Crippen LogP contribution >= 0.6 is 0 Å². The van der Waals surface area contributed by atoms with Crippen molar-refractivity contribution in [1.82, 2.24) is 4.90 Å². The second-order valence-electron chi connectivity index (χ2n) is 5.17. The molecule has 1 fully saturated rings. The molecule has 16 heavy (non-hydrogen) atoms. The van der Waals surface area contributed by atoms with Gasteiger partial charge in [-0.25, -0.2) is 0 Å². The largest absolute Gasteiger partial charge is 0.393 e. The maximum atomic E-state index is 9.12. The van der Waals surface area contributed by atoms with Gasteiger partial charge in [0.15, 0.2) is 0 Å². The van der Waals surface area contributed by atoms with Crippen molar-refractivity contribution < 1.29 is 9.84 Å². The summed E-state index contributed by atoms with van der Waals surface area (Å²) in [5, 5.41) is 9.12. The Morgan fingerprint density at radius 1 is 1.31 bits per heavy atom. The number of aliphatic hydroxyl groups is 1. The first-order chi connectivity index (χ1) is 7.68. The standard InChI is InChI=1S/C13H27NO2/c1-12(15)5-3-4-8-14(2)9-10-16-11-13-6-7-13/h12-13,15H,3-11H2,1-2H3. The molecule has 96 valence electrons. The molecule has 3 nitrogen and oxygen atoms in total. The predicted molar refractivity (Wildman–Crippen MR) is 66.6 cm³/mol. The minimum absolute atomic E-state index is 0.146. The lowest BCUT2D eigenvalue weighted by Crippen LogP contribution is -2.24. The van der Waals surface area contributed by atoms with Crippen LogP contribution in [0.15, 0.2) is 0 Å². The van der Waals surface area contributed by atoms with Crippen LogP contribution in [0.5, 0.6) is 0 Å². The fraction of sp³-hybridized carbons (Fsp3) is 1.00. The third kappa shape index (κ3) is 8.08. The van der Waals surface area contributed by atoms with Gasteiger partial charge in [0.1, 0.15) is 0 Å². The van der Waals surface area contributed by atoms with Crippen molar-refractivity contribution in [2.24, 2.45) is 5.92 Å². The molecule has 0 saturated heterocycles. The van der Waals surface area contributed by atoms with E-state index < -0.39 is 0 Å². The smallest absolute Gasteiger partial charge is 0.0593 e. The van der Waals surface area contributed by atoms with Crippen LogP contribution in [0.2, 0.25) is 0 Å². The molecule has 0 aliphatic heterocycles. The van der Waals surface area contributed by atoms with E-state index in [9.17, 15) is 0 Å². The van der Waals surface area contributed by atoms with Crippen molar-refractivity contribution in [3.63, 3.8) is 0 Å². The summed E-state index contributed by atoms with van der Waals surface area (Å²) in [4.78, 5) is 2.31. The second kappa shape index (κ2) is 8.04. The van der Waals surface area contributed by atoms with Gasteiger partial charge in [0, 0.05) is 13.2 Å². The van der Waals surface area contributed by atoms with Gasteiger partial charge in [-0.1, -0.05) is 0 Å². The maximum Gasteiger partial charge on any atom is 0.0593 e. The Bertz CT molecular complexity index is 159. The van der Waals surface area contributed by atoms with Crippen LogP contribution < -0.4 is 0 Å². The van der Waals surface area contributed by atoms with Crippen molar-refractivity contribution in [2.45, 2.75) is 45.1 Å². The SMILES string of the molecule is CC(O)CCCCN(C)CCOCC1CC1. The molecular weight excluding hydrogens is 202 g/mol. The number of hydrogen-bond donors (Lipinski definition) is 1. The molecule has 0 aromatic carbocycles. The molecule has 1 saturated carbocycles. The lowest BCUT2D eigenvalue weighted by molar-refractivity contribution is 0.102. The van der Waals surface area contributed by atoms with E-state index in [0.717, 1.165) is 45.1 Å². The molecule has 0 spiro atoms. The molecule has 0 amide bonds. The first-order valence-electron chi connectivity index (χ1n) is 6.63. The summed E-state index contributed by atoms with van der Waals surface area (Å²) in [6.45, 7) is 5.83. The van der Waals surface area contributed by atoms with Crippen molar-refractivity contribution >= 4 is 0 Å². The van der Waals surface area contributed by atoms with Crippen LogP contribution in [0.1, 0.15) is 39.0 Å². The highest BCUT2D eigenvalue weighted by Crippen LogP contribution is 2.28. The number of ether oxygens (including phenoxy) is 1. The first-order valence-corrected chi connectivity index (χ1v) is 6.63. The molecule has 1 unspecified atom stereocenters. The molecule has 0 bridgehead atoms. The summed E-state index contributed by atoms with van der Waals surface area (Å²) in [5.74, 6) is 0.872. The summed E-state index contributed by atoms with van der Waals surface area (Å²) < 4.78 is 5.59. The molecule has 1 atom stereocenters. The van der Waals surface area contributed by atoms with Gasteiger partial charge in [0.25, 0.3) is 0 Å². The fourth-order valence-corrected chi connectivity index (χ4v) is 1.69. The summed E-state index contributed by atoms with van der Waals surface area (Å²) in [5.41, 5.74) is 0. The Balaban J connectivity index is 1.79. The van der Waals surface area contributed by atoms with Gasteiger partial charge in [-0.05, 0) is 58.5 Å². The van der Waals surface area contributed by atoms with E-state index in [4.69, 9.17) is 9.84 Å². The average Bonchev–Trinajstić information content (AvgIpc) is 3.03. The summed E-state index contributed by atoms with van der Waals surface area (Å²) in [6, 6.07) is 0. The van der Waals surface area contributed by atoms with Crippen LogP contribution in [0.3, 0.4) is 0 Å². The Labute approximate surface area is 99.8 Å². The zero-order valence-corrected chi connectivity index (χ0v) is 10.8. The average molecular weight is 229 g/mol. The first kappa shape index (κ1) is 13.9. The van der Waals surface area contributed by atoms with Gasteiger partial charge in [-0.2, -0.15) is 0 Å². The molecule has 1 rings (SSSR count). The highest BCUT2D eigenvalue weighted by molar-refractivity contribution is 4.71. The van der Waals surface area contributed by atoms with E-state index in [0.29, 0.717) is 0 Å². The van der Waals surface area contributed by atoms with Gasteiger partial charge in [0.2, 0.25) is 0 Å². The van der Waals surface area contributed by atoms with E-state index >= 15 is 0 Å². The monoisotopic (exact) mass is 229 g/mol. The summed E-state index contributed by atoms with van der Waals surface area (Å²) in [6.07, 6.45) is 5.80. The Morgan fingerprint density at radius 3 is 2.69 bits per heavy atom. The van der Waals surface area contributed by atoms with Gasteiger partial charge in [-0.15, -0.1) is 0 Å². The number of rotatable bonds is 10. The number of aliphatic hydroxyl groups excluding tert-OH is 1. The zero-order chi connectivity index (χ0) is 11.8. The zero-order valence-electron chi connectivity index (χ0n) is 10.8. The molecule has 0 aromatic heterocycles. The summed E-state index contributed by atoms with van der Waals surface area (Å²) >= 11 is 0. The van der Waals surface area contributed by atoms with Gasteiger partial charge >= 0.3 is 0 Å². The third-order valence-corrected chi connectivity index (χ3v) is 3.08. The van der Waals surface area contributed by atoms with Gasteiger partial charge in [0.05, 0.1) is 12.7 Å². The van der Waals surface area contributed by atoms with Crippen molar-refractivity contribution in [2.75, 3.05) is 33.4 Å². The second-order valence-corrected chi connectivity index (χ2v) is 5.17. The topological polar surface area (TPSA) is 32.7 Å². The van der Waals surface area contributed by atoms with Crippen LogP contribution in [0.4, 0.5) is 0 Å². The van der Waals surface area contributed by atoms with Crippen LogP contribution in [-0.2, 0) is 4.74 Å². The summed E-state index contributed by atoms with van der Waals surface area (Å²) in [7, 11) is 2.14. The molecule has 1 aliphatic rings. The fourth-order valence-electron chi connectivity index (χ4n) is 1.69. The van der Waals surface area contributed by atoms with E-state index in [1.807, 2.05) is 6.92 Å². The Hall–Kier alpha value is -0.120. The predicted octanol–water partition coefficient (Wildman–Crippen LogP) is 1.90. The van der Waals surface area contributed by atoms with Crippen molar-refractivity contribution in [1.29, 1.82) is 0 Å². The maximum absolute atomic E-state index is 9.12. The molecule has 3 heteroatoms. The van der Waals surface area contributed by atoms with Crippen molar-refractivity contribution in [3.8, 4) is 0 Å². The molecule has 0 aromatic rings. The molecular formula is C13H27NO2. The normalized spacial score (nSPS) is 18.0. The van der Waals surface area contributed by atoms with Gasteiger partial charge < -0.3 is 14.7 Å². The quantitative estimate of drug-likeness (QED) is 0.581. The highest BCUT2D eigenvalue weighted by Gasteiger charge is 2.20. The molecule has 0 radical (unpaired) electrons. The third-order valence-electron chi connectivity index (χ3n) is 3.08. The number of nitrogens with zero attached hydrogens (tertiary/aromatic N) is 1. The number of unbranched alkanes of at least 4 members (excludes halogenated alkanes) is 1. The lowest BCUT2D eigenvalue weighted by Gasteiger charge is -2.16. The highest BCUT2D eigenvalue weighted by atomic mass is 16.5. The van der Waals surface area contributed by atoms with E-state index in [1.165, 1.54) is 19.3 Å². The molecule has 0 heterocycles. The Kier molecular flexibility index (Phi) is 7.01. The Morgan fingerprint density at radius 2 is 2.06 bits per heavy atom. The van der Waals surface area contributed by atoms with Crippen LogP contribution in [-0.4, -0.2) is 49.5 Å². The van der Waals surface area contributed by atoms with E-state index in [1.54, 1.807) is 0 Å². The van der Waals surface area contributed by atoms with Crippen LogP contribution in [0, 0.1) is 5.92 Å². The van der Waals surface area contributed by atoms with Crippen LogP contribution in [0.25, 0.3) is 0 Å². The minimum Gasteiger partial charge on any atom is -0.393 e. The molecule has 1 N–H and O–H groups in total.